The van der Waals surface area contributed by atoms with Crippen LogP contribution >= 0.6 is 0 Å². The molecule has 1 fully saturated rings. The van der Waals surface area contributed by atoms with Crippen LogP contribution in [0.3, 0.4) is 0 Å². The van der Waals surface area contributed by atoms with Crippen molar-refractivity contribution in [3.63, 3.8) is 0 Å². The average Bonchev–Trinajstić information content (AvgIpc) is 2.46. The standard InChI is InChI=1S/C15H18O5/c16-8-9-1-3-10(4-2-9)13-7-11(14(17)18)5-6-12(13)15(19)20/h5-7,9-10,16H,1-4,8H2,(H,17,18)(H,19,20). The van der Waals surface area contributed by atoms with Gasteiger partial charge in [0.15, 0.2) is 0 Å². The molecule has 0 heterocycles. The highest BCUT2D eigenvalue weighted by Crippen LogP contribution is 2.37. The Labute approximate surface area is 116 Å². The minimum absolute atomic E-state index is 0.0585. The monoisotopic (exact) mass is 278 g/mol. The van der Waals surface area contributed by atoms with E-state index in [2.05, 4.69) is 0 Å². The number of hydrogen-bond donors (Lipinski definition) is 3. The number of aliphatic hydroxyl groups is 1. The molecule has 5 heteroatoms. The second kappa shape index (κ2) is 6.05. The molecule has 0 unspecified atom stereocenters. The highest BCUT2D eigenvalue weighted by Gasteiger charge is 2.26. The zero-order valence-electron chi connectivity index (χ0n) is 11.1. The lowest BCUT2D eigenvalue weighted by Gasteiger charge is -2.28. The van der Waals surface area contributed by atoms with E-state index in [1.807, 2.05) is 0 Å². The van der Waals surface area contributed by atoms with Gasteiger partial charge in [0.05, 0.1) is 11.1 Å². The van der Waals surface area contributed by atoms with Gasteiger partial charge in [-0.15, -0.1) is 0 Å². The maximum atomic E-state index is 11.3. The van der Waals surface area contributed by atoms with Crippen LogP contribution in [-0.2, 0) is 0 Å². The smallest absolute Gasteiger partial charge is 0.335 e. The minimum Gasteiger partial charge on any atom is -0.478 e. The largest absolute Gasteiger partial charge is 0.478 e. The molecule has 0 saturated heterocycles. The van der Waals surface area contributed by atoms with Gasteiger partial charge in [0, 0.05) is 6.61 Å². The molecule has 1 aliphatic carbocycles. The number of carboxylic acids is 2. The van der Waals surface area contributed by atoms with Gasteiger partial charge in [-0.1, -0.05) is 0 Å². The van der Waals surface area contributed by atoms with Crippen molar-refractivity contribution in [2.75, 3.05) is 6.61 Å². The highest BCUT2D eigenvalue weighted by atomic mass is 16.4. The molecule has 0 atom stereocenters. The van der Waals surface area contributed by atoms with E-state index in [0.717, 1.165) is 25.7 Å². The van der Waals surface area contributed by atoms with Crippen LogP contribution < -0.4 is 0 Å². The van der Waals surface area contributed by atoms with Crippen molar-refractivity contribution >= 4 is 11.9 Å². The van der Waals surface area contributed by atoms with Crippen molar-refractivity contribution < 1.29 is 24.9 Å². The third-order valence-corrected chi connectivity index (χ3v) is 4.07. The fourth-order valence-electron chi connectivity index (χ4n) is 2.88. The van der Waals surface area contributed by atoms with Crippen molar-refractivity contribution in [1.29, 1.82) is 0 Å². The number of aromatic carboxylic acids is 2. The summed E-state index contributed by atoms with van der Waals surface area (Å²) in [5.74, 6) is -1.74. The quantitative estimate of drug-likeness (QED) is 0.785. The van der Waals surface area contributed by atoms with Gasteiger partial charge in [0.2, 0.25) is 0 Å². The first-order valence-electron chi connectivity index (χ1n) is 6.74. The van der Waals surface area contributed by atoms with Gasteiger partial charge in [-0.2, -0.15) is 0 Å². The Balaban J connectivity index is 2.31. The Kier molecular flexibility index (Phi) is 4.39. The molecule has 1 saturated carbocycles. The first-order chi connectivity index (χ1) is 9.52. The van der Waals surface area contributed by atoms with Gasteiger partial charge in [0.25, 0.3) is 0 Å². The molecule has 0 radical (unpaired) electrons. The molecule has 0 amide bonds. The molecule has 2 rings (SSSR count). The zero-order valence-corrected chi connectivity index (χ0v) is 11.1. The molecule has 1 aliphatic rings. The van der Waals surface area contributed by atoms with Crippen LogP contribution in [-0.4, -0.2) is 33.9 Å². The van der Waals surface area contributed by atoms with Crippen LogP contribution in [0.1, 0.15) is 57.9 Å². The second-order valence-corrected chi connectivity index (χ2v) is 5.31. The molecule has 0 bridgehead atoms. The SMILES string of the molecule is O=C(O)c1ccc(C(=O)O)c(C2CCC(CO)CC2)c1. The van der Waals surface area contributed by atoms with Gasteiger partial charge >= 0.3 is 11.9 Å². The normalized spacial score (nSPS) is 22.4. The van der Waals surface area contributed by atoms with E-state index in [-0.39, 0.29) is 29.6 Å². The Morgan fingerprint density at radius 2 is 1.70 bits per heavy atom. The molecular weight excluding hydrogens is 260 g/mol. The summed E-state index contributed by atoms with van der Waals surface area (Å²) in [6, 6.07) is 4.18. The molecule has 5 nitrogen and oxygen atoms in total. The number of rotatable bonds is 4. The van der Waals surface area contributed by atoms with E-state index in [0.29, 0.717) is 5.56 Å². The molecule has 3 N–H and O–H groups in total. The Morgan fingerprint density at radius 3 is 2.20 bits per heavy atom. The van der Waals surface area contributed by atoms with E-state index < -0.39 is 11.9 Å². The molecule has 20 heavy (non-hydrogen) atoms. The molecule has 1 aromatic rings. The summed E-state index contributed by atoms with van der Waals surface area (Å²) in [6.07, 6.45) is 3.26. The summed E-state index contributed by atoms with van der Waals surface area (Å²) in [7, 11) is 0. The van der Waals surface area contributed by atoms with Gasteiger partial charge in [-0.05, 0) is 61.3 Å². The van der Waals surface area contributed by atoms with Crippen molar-refractivity contribution in [1.82, 2.24) is 0 Å². The Morgan fingerprint density at radius 1 is 1.05 bits per heavy atom. The minimum atomic E-state index is -1.05. The van der Waals surface area contributed by atoms with Crippen LogP contribution in [0.4, 0.5) is 0 Å². The lowest BCUT2D eigenvalue weighted by molar-refractivity contribution is 0.0679. The summed E-state index contributed by atoms with van der Waals surface area (Å²) in [6.45, 7) is 0.160. The summed E-state index contributed by atoms with van der Waals surface area (Å²) in [5, 5.41) is 27.4. The van der Waals surface area contributed by atoms with E-state index >= 15 is 0 Å². The van der Waals surface area contributed by atoms with E-state index in [4.69, 9.17) is 10.2 Å². The number of benzene rings is 1. The summed E-state index contributed by atoms with van der Waals surface area (Å²) in [5.41, 5.74) is 0.908. The van der Waals surface area contributed by atoms with Gasteiger partial charge < -0.3 is 15.3 Å². The molecule has 108 valence electrons. The van der Waals surface area contributed by atoms with Crippen LogP contribution in [0.15, 0.2) is 18.2 Å². The van der Waals surface area contributed by atoms with Crippen LogP contribution in [0, 0.1) is 5.92 Å². The van der Waals surface area contributed by atoms with Gasteiger partial charge in [0.1, 0.15) is 0 Å². The van der Waals surface area contributed by atoms with E-state index in [9.17, 15) is 14.7 Å². The lowest BCUT2D eigenvalue weighted by atomic mass is 9.77. The molecular formula is C15H18O5. The fourth-order valence-corrected chi connectivity index (χ4v) is 2.88. The van der Waals surface area contributed by atoms with Gasteiger partial charge in [-0.3, -0.25) is 0 Å². The Hall–Kier alpha value is -1.88. The number of aliphatic hydroxyl groups excluding tert-OH is 1. The van der Waals surface area contributed by atoms with Crippen molar-refractivity contribution in [2.45, 2.75) is 31.6 Å². The van der Waals surface area contributed by atoms with Crippen molar-refractivity contribution in [3.8, 4) is 0 Å². The molecule has 1 aromatic carbocycles. The van der Waals surface area contributed by atoms with Crippen molar-refractivity contribution in [3.05, 3.63) is 34.9 Å². The summed E-state index contributed by atoms with van der Waals surface area (Å²) >= 11 is 0. The third kappa shape index (κ3) is 2.99. The Bertz CT molecular complexity index is 515. The fraction of sp³-hybridized carbons (Fsp3) is 0.467. The molecule has 0 spiro atoms. The predicted molar refractivity (Wildman–Crippen MR) is 72.1 cm³/mol. The first-order valence-corrected chi connectivity index (χ1v) is 6.74. The number of hydrogen-bond acceptors (Lipinski definition) is 3. The van der Waals surface area contributed by atoms with Crippen LogP contribution in [0.25, 0.3) is 0 Å². The van der Waals surface area contributed by atoms with E-state index in [1.54, 1.807) is 0 Å². The zero-order chi connectivity index (χ0) is 14.7. The second-order valence-electron chi connectivity index (χ2n) is 5.31. The molecule has 0 aromatic heterocycles. The predicted octanol–water partition coefficient (Wildman–Crippen LogP) is 2.35. The first kappa shape index (κ1) is 14.5. The average molecular weight is 278 g/mol. The highest BCUT2D eigenvalue weighted by molar-refractivity contribution is 5.93. The molecule has 0 aliphatic heterocycles. The van der Waals surface area contributed by atoms with E-state index in [1.165, 1.54) is 18.2 Å². The topological polar surface area (TPSA) is 94.8 Å². The number of carbonyl (C=O) groups is 2. The van der Waals surface area contributed by atoms with Crippen LogP contribution in [0.5, 0.6) is 0 Å². The van der Waals surface area contributed by atoms with Crippen LogP contribution in [0.2, 0.25) is 0 Å². The van der Waals surface area contributed by atoms with Crippen molar-refractivity contribution in [2.24, 2.45) is 5.92 Å². The van der Waals surface area contributed by atoms with Gasteiger partial charge in [-0.25, -0.2) is 9.59 Å². The lowest BCUT2D eigenvalue weighted by Crippen LogP contribution is -2.18. The third-order valence-electron chi connectivity index (χ3n) is 4.07. The number of carboxylic acid groups (broad SMARTS) is 2. The summed E-state index contributed by atoms with van der Waals surface area (Å²) < 4.78 is 0. The maximum Gasteiger partial charge on any atom is 0.335 e. The maximum absolute atomic E-state index is 11.3. The summed E-state index contributed by atoms with van der Waals surface area (Å²) in [4.78, 5) is 22.3.